The van der Waals surface area contributed by atoms with Crippen LogP contribution >= 0.6 is 34.2 Å². The summed E-state index contributed by atoms with van der Waals surface area (Å²) in [5, 5.41) is 6.00. The van der Waals surface area contributed by atoms with Gasteiger partial charge in [0.05, 0.1) is 0 Å². The van der Waals surface area contributed by atoms with Crippen molar-refractivity contribution < 1.29 is 40.7 Å². The Morgan fingerprint density at radius 3 is 0.918 bits per heavy atom. The van der Waals surface area contributed by atoms with Gasteiger partial charge >= 0.3 is 34.2 Å². The van der Waals surface area contributed by atoms with E-state index in [1.807, 2.05) is 44.4 Å². The van der Waals surface area contributed by atoms with E-state index in [4.69, 9.17) is 40.7 Å². The van der Waals surface area contributed by atoms with Gasteiger partial charge < -0.3 is 40.7 Å². The van der Waals surface area contributed by atoms with Crippen LogP contribution < -0.4 is 50.5 Å². The maximum Gasteiger partial charge on any atom is 0.530 e. The van der Waals surface area contributed by atoms with Gasteiger partial charge in [-0.15, -0.1) is 0 Å². The van der Waals surface area contributed by atoms with Crippen LogP contribution in [0.15, 0.2) is 273 Å². The summed E-state index contributed by atoms with van der Waals surface area (Å²) in [5.74, 6) is 8.47. The molecule has 0 amide bonds. The highest BCUT2D eigenvalue weighted by molar-refractivity contribution is 7.50. The lowest BCUT2D eigenvalue weighted by atomic mass is 9.72. The molecule has 13 aromatic rings. The fraction of sp³-hybridized carbons (Fsp3) is 0.339. The highest BCUT2D eigenvalue weighted by Gasteiger charge is 2.65. The number of nitrogens with one attached hydrogen (secondary N) is 1. The van der Waals surface area contributed by atoms with Crippen LogP contribution in [-0.2, 0) is 71.5 Å². The predicted octanol–water partition coefficient (Wildman–Crippen LogP) is 31.2. The summed E-state index contributed by atoms with van der Waals surface area (Å²) in [7, 11) is 0.456. The lowest BCUT2D eigenvalue weighted by Crippen LogP contribution is -2.29. The number of hydrogen-bond donors (Lipinski definition) is 1. The van der Waals surface area contributed by atoms with Crippen LogP contribution in [0.25, 0.3) is 22.9 Å². The summed E-state index contributed by atoms with van der Waals surface area (Å²) in [5.41, 5.74) is 27.1. The third kappa shape index (κ3) is 14.3. The van der Waals surface area contributed by atoms with Crippen molar-refractivity contribution in [3.8, 4) is 51.7 Å². The van der Waals surface area contributed by atoms with Crippen LogP contribution in [0.5, 0.6) is 51.7 Å². The summed E-state index contributed by atoms with van der Waals surface area (Å²) < 4.78 is 64.3. The molecular formula is C118H123N3O9P4. The molecule has 1 N–H and O–H groups in total. The molecule has 12 aliphatic rings. The number of para-hydroxylation sites is 2. The molecule has 4 heterocycles. The maximum absolute atomic E-state index is 6.78. The largest absolute Gasteiger partial charge is 0.530 e. The number of benzene rings is 13. The average molecular weight is 1850 g/mol. The smallest absolute Gasteiger partial charge is 0.427 e. The van der Waals surface area contributed by atoms with Gasteiger partial charge in [0.2, 0.25) is 0 Å². The van der Waals surface area contributed by atoms with Crippen molar-refractivity contribution in [1.29, 1.82) is 0 Å². The van der Waals surface area contributed by atoms with Gasteiger partial charge in [0, 0.05) is 91.0 Å². The molecule has 0 saturated carbocycles. The summed E-state index contributed by atoms with van der Waals surface area (Å²) in [6, 6.07) is 96.5. The van der Waals surface area contributed by atoms with E-state index in [9.17, 15) is 0 Å². The fourth-order valence-electron chi connectivity index (χ4n) is 27.3. The molecule has 0 atom stereocenters. The molecular weight excluding hydrogens is 1730 g/mol. The van der Waals surface area contributed by atoms with Crippen LogP contribution in [0, 0.1) is 0 Å². The Bertz CT molecular complexity index is 6610. The van der Waals surface area contributed by atoms with Crippen LogP contribution in [0.4, 0.5) is 5.69 Å². The molecule has 134 heavy (non-hydrogen) atoms. The van der Waals surface area contributed by atoms with Gasteiger partial charge in [-0.2, -0.15) is 0 Å². The van der Waals surface area contributed by atoms with Crippen molar-refractivity contribution in [2.45, 2.75) is 234 Å². The lowest BCUT2D eigenvalue weighted by molar-refractivity contribution is 0.327. The first-order valence-electron chi connectivity index (χ1n) is 47.9. The van der Waals surface area contributed by atoms with Gasteiger partial charge in [-0.05, 0) is 242 Å². The molecule has 13 aromatic carbocycles. The summed E-state index contributed by atoms with van der Waals surface area (Å²) in [6.07, 6.45) is 12.9. The minimum Gasteiger partial charge on any atom is -0.427 e. The van der Waals surface area contributed by atoms with E-state index in [0.717, 1.165) is 114 Å². The molecule has 684 valence electrons. The van der Waals surface area contributed by atoms with Gasteiger partial charge in [0.25, 0.3) is 0 Å². The zero-order valence-electron chi connectivity index (χ0n) is 80.9. The second-order valence-electron chi connectivity index (χ2n) is 45.0. The number of rotatable bonds is 10. The van der Waals surface area contributed by atoms with Crippen molar-refractivity contribution in [1.82, 2.24) is 9.76 Å². The zero-order valence-corrected chi connectivity index (χ0v) is 84.4. The third-order valence-corrected chi connectivity index (χ3v) is 36.5. The molecule has 0 saturated heterocycles. The number of nitrogens with zero attached hydrogens (tertiary/aromatic N) is 2. The van der Waals surface area contributed by atoms with Crippen molar-refractivity contribution in [3.63, 3.8) is 0 Å². The molecule has 0 bridgehead atoms. The Morgan fingerprint density at radius 2 is 0.560 bits per heavy atom. The number of hydrogen-bond acceptors (Lipinski definition) is 12. The second kappa shape index (κ2) is 31.8. The molecule has 4 spiro atoms. The molecule has 16 heteroatoms. The maximum atomic E-state index is 6.78. The first kappa shape index (κ1) is 88.8. The molecule has 0 unspecified atom stereocenters. The normalized spacial score (nSPS) is 21.5. The topological polar surface area (TPSA) is 102 Å². The Kier molecular flexibility index (Phi) is 21.1. The lowest BCUT2D eigenvalue weighted by Gasteiger charge is -2.36. The zero-order chi connectivity index (χ0) is 93.0. The number of fused-ring (bicyclic) bond motifs is 1. The van der Waals surface area contributed by atoms with Crippen molar-refractivity contribution in [3.05, 3.63) is 379 Å². The van der Waals surface area contributed by atoms with Crippen LogP contribution in [0.1, 0.15) is 268 Å². The minimum absolute atomic E-state index is 0.0203. The Balaban J connectivity index is 0.000000105. The molecule has 12 nitrogen and oxygen atoms in total. The highest BCUT2D eigenvalue weighted by atomic mass is 31.2. The summed E-state index contributed by atoms with van der Waals surface area (Å²) in [6.45, 7) is 38.8. The van der Waals surface area contributed by atoms with E-state index in [0.29, 0.717) is 6.54 Å². The van der Waals surface area contributed by atoms with Crippen molar-refractivity contribution in [2.75, 3.05) is 25.8 Å². The summed E-state index contributed by atoms with van der Waals surface area (Å²) >= 11 is 0. The quantitative estimate of drug-likeness (QED) is 0.104. The molecule has 4 aliphatic heterocycles. The van der Waals surface area contributed by atoms with E-state index in [-0.39, 0.29) is 65.0 Å². The van der Waals surface area contributed by atoms with Gasteiger partial charge in [-0.3, -0.25) is 4.67 Å². The van der Waals surface area contributed by atoms with Crippen molar-refractivity contribution >= 4 is 62.8 Å². The first-order valence-corrected chi connectivity index (χ1v) is 52.4. The van der Waals surface area contributed by atoms with Crippen LogP contribution in [-0.4, -0.2) is 25.8 Å². The second-order valence-corrected chi connectivity index (χ2v) is 50.3. The van der Waals surface area contributed by atoms with E-state index < -0.39 is 34.2 Å². The summed E-state index contributed by atoms with van der Waals surface area (Å²) in [4.78, 5) is 0. The molecule has 0 aromatic heterocycles. The van der Waals surface area contributed by atoms with Gasteiger partial charge in [-0.1, -0.05) is 329 Å². The van der Waals surface area contributed by atoms with Crippen LogP contribution in [0.3, 0.4) is 0 Å². The first-order chi connectivity index (χ1) is 63.9. The van der Waals surface area contributed by atoms with Gasteiger partial charge in [-0.25, -0.2) is 9.76 Å². The van der Waals surface area contributed by atoms with Crippen molar-refractivity contribution in [2.24, 2.45) is 0 Å². The average Bonchev–Trinajstić information content (AvgIpc) is 1.53. The predicted molar refractivity (Wildman–Crippen MR) is 550 cm³/mol. The van der Waals surface area contributed by atoms with E-state index >= 15 is 0 Å². The van der Waals surface area contributed by atoms with Crippen LogP contribution in [0.2, 0.25) is 0 Å². The monoisotopic (exact) mass is 1850 g/mol. The SMILES string of the molecule is CC1(C)CC23CC(C)(C)c4cccc(c42)OP(NCc2ccccc2)Oc2cccc1c23.CC1(C)CC23CC(C)(C)c4cccc(c42)OP(Oc2ccccc2/C=C/c2cccc4ccccc24)Oc2cccc1c23.CN(C)P1Oc2cccc3c2C2(CC3(C)C)CC(C)(C)c3cccc(c32)O1.CN(c1ccccc1)P1Oc2cccc3c2C2(CC3(C)C)CC(C)(C)c3cccc(c32)O1. The Morgan fingerprint density at radius 1 is 0.284 bits per heavy atom. The van der Waals surface area contributed by atoms with E-state index in [1.54, 1.807) is 0 Å². The molecule has 8 aliphatic carbocycles. The van der Waals surface area contributed by atoms with E-state index in [2.05, 4.69) is 387 Å². The third-order valence-electron chi connectivity index (χ3n) is 31.5. The molecule has 25 rings (SSSR count). The minimum atomic E-state index is -1.78. The standard InChI is InChI=1S/C39H35O3P.2C28H30NO2P.C23H28NO2P/c1-37(2)24-39-25-38(3,4)31-18-11-21-34(36(31)39)42-43(41-33-20-10-17-30(37)35(33)39)40-32-19-8-6-13-28(32)23-22-27-15-9-14-26-12-5-7-16-29(26)27;1-26(2)17-28-18-27(3,4)21-14-10-16-23(25(21)28)31-32(29(5)19-11-7-6-8-12-19)30-22-15-9-13-20(26)24(22)28;1-26(2)17-28-18-27(3,4)21-13-9-15-23(25(21)28)31-32(29-16-19-10-6-5-7-11-19)30-22-14-8-12-20(26)24(22)28;1-21(2)13-23-14-22(3,4)16-10-8-12-18(20(16)23)26-27(24(5)6)25-17-11-7-9-15(21)19(17)23/h5-23H,24-25H2,1-4H3;6-16H,17-18H2,1-5H3;5-15,29H,16-18H2,1-4H3;7-12H,13-14H2,1-6H3/b23-22+;;;. The van der Waals surface area contributed by atoms with E-state index in [1.165, 1.54) is 111 Å². The number of anilines is 1. The molecule has 0 fully saturated rings. The fourth-order valence-corrected chi connectivity index (χ4v) is 31.7. The Hall–Kier alpha value is -10.5. The van der Waals surface area contributed by atoms with Gasteiger partial charge in [0.1, 0.15) is 51.7 Å². The highest BCUT2D eigenvalue weighted by Crippen LogP contribution is 2.75. The Labute approximate surface area is 797 Å². The van der Waals surface area contributed by atoms with Gasteiger partial charge in [0.15, 0.2) is 0 Å². The molecule has 0 radical (unpaired) electrons.